The molecule has 1 aromatic carbocycles. The Balaban J connectivity index is 1.75. The first kappa shape index (κ1) is 36.6. The molecular formula is C29H36Cl3N3O9S. The van der Waals surface area contributed by atoms with Gasteiger partial charge in [0, 0.05) is 5.25 Å². The Hall–Kier alpha value is -2.87. The van der Waals surface area contributed by atoms with Crippen LogP contribution >= 0.6 is 46.6 Å². The first-order chi connectivity index (χ1) is 20.6. The van der Waals surface area contributed by atoms with Gasteiger partial charge in [-0.15, -0.1) is 11.8 Å². The van der Waals surface area contributed by atoms with Crippen molar-refractivity contribution < 1.29 is 42.9 Å². The topological polar surface area (TPSA) is 150 Å². The van der Waals surface area contributed by atoms with Gasteiger partial charge < -0.3 is 29.6 Å². The Bertz CT molecular complexity index is 1340. The van der Waals surface area contributed by atoms with Crippen molar-refractivity contribution in [1.82, 2.24) is 15.5 Å². The highest BCUT2D eigenvalue weighted by Gasteiger charge is 2.54. The van der Waals surface area contributed by atoms with Crippen LogP contribution in [0, 0.1) is 0 Å². The second kappa shape index (κ2) is 14.3. The first-order valence-corrected chi connectivity index (χ1v) is 15.9. The zero-order chi connectivity index (χ0) is 33.9. The van der Waals surface area contributed by atoms with Crippen molar-refractivity contribution in [2.75, 3.05) is 13.2 Å². The summed E-state index contributed by atoms with van der Waals surface area (Å²) >= 11 is 18.4. The van der Waals surface area contributed by atoms with E-state index in [1.807, 2.05) is 6.92 Å². The van der Waals surface area contributed by atoms with E-state index in [0.717, 1.165) is 0 Å². The zero-order valence-corrected chi connectivity index (χ0v) is 28.9. The van der Waals surface area contributed by atoms with Crippen molar-refractivity contribution in [2.45, 2.75) is 86.2 Å². The SMILES string of the molecule is CC1C=C(C(=O)OCC(Cl)(Cl)Cl)N2C(=O)C(NC(=O)C(NC(=O)OC(C)(C)C)c3ccc(OCC(=O)OC(C)(C)C)cc3)[C@@H]2S1. The lowest BCUT2D eigenvalue weighted by Crippen LogP contribution is -2.71. The maximum absolute atomic E-state index is 13.6. The fraction of sp³-hybridized carbons (Fsp3) is 0.552. The fourth-order valence-electron chi connectivity index (χ4n) is 4.17. The van der Waals surface area contributed by atoms with E-state index < -0.39 is 68.9 Å². The number of nitrogens with one attached hydrogen (secondary N) is 2. The van der Waals surface area contributed by atoms with Crippen molar-refractivity contribution in [1.29, 1.82) is 0 Å². The molecule has 4 atom stereocenters. The quantitative estimate of drug-likeness (QED) is 0.162. The molecule has 2 aliphatic rings. The molecule has 0 aliphatic carbocycles. The van der Waals surface area contributed by atoms with Gasteiger partial charge in [-0.25, -0.2) is 14.4 Å². The van der Waals surface area contributed by atoms with E-state index in [0.29, 0.717) is 11.3 Å². The standard InChI is InChI=1S/C29H36Cl3N3O9S/c1-15-12-18(25(39)42-14-29(30,31)32)35-23(38)21(24(35)45-15)33-22(37)20(34-26(40)44-28(5,6)7)16-8-10-17(11-9-16)41-13-19(36)43-27(2,3)4/h8-12,15,20-21,24H,13-14H2,1-7H3,(H,33,37)(H,34,40)/t15?,20?,21?,24-/m0/s1. The van der Waals surface area contributed by atoms with E-state index in [4.69, 9.17) is 53.8 Å². The summed E-state index contributed by atoms with van der Waals surface area (Å²) in [6.45, 7) is 11.2. The number of carbonyl (C=O) groups is 5. The molecule has 16 heteroatoms. The van der Waals surface area contributed by atoms with Crippen molar-refractivity contribution in [3.63, 3.8) is 0 Å². The van der Waals surface area contributed by atoms with Crippen LogP contribution in [0.5, 0.6) is 5.75 Å². The number of β-lactam (4-membered cyclic amide) rings is 1. The number of thioether (sulfide) groups is 1. The predicted molar refractivity (Wildman–Crippen MR) is 169 cm³/mol. The third kappa shape index (κ3) is 10.9. The third-order valence-electron chi connectivity index (χ3n) is 5.84. The minimum atomic E-state index is -1.83. The van der Waals surface area contributed by atoms with Crippen LogP contribution in [0.2, 0.25) is 0 Å². The van der Waals surface area contributed by atoms with Gasteiger partial charge >= 0.3 is 18.0 Å². The highest BCUT2D eigenvalue weighted by atomic mass is 35.6. The summed E-state index contributed by atoms with van der Waals surface area (Å²) < 4.78 is 19.3. The van der Waals surface area contributed by atoms with Gasteiger partial charge in [-0.3, -0.25) is 14.5 Å². The summed E-state index contributed by atoms with van der Waals surface area (Å²) in [7, 11) is 0. The molecule has 12 nitrogen and oxygen atoms in total. The highest BCUT2D eigenvalue weighted by molar-refractivity contribution is 8.00. The molecule has 1 fully saturated rings. The van der Waals surface area contributed by atoms with Crippen molar-refractivity contribution in [3.8, 4) is 5.75 Å². The molecule has 3 unspecified atom stereocenters. The second-order valence-corrected chi connectivity index (χ2v) is 16.2. The highest BCUT2D eigenvalue weighted by Crippen LogP contribution is 2.41. The molecule has 3 amide bonds. The smallest absolute Gasteiger partial charge is 0.408 e. The molecule has 0 aromatic heterocycles. The zero-order valence-electron chi connectivity index (χ0n) is 25.8. The number of nitrogens with zero attached hydrogens (tertiary/aromatic N) is 1. The Kier molecular flexibility index (Phi) is 11.6. The number of fused-ring (bicyclic) bond motifs is 1. The van der Waals surface area contributed by atoms with Crippen LogP contribution in [-0.4, -0.2) is 79.6 Å². The summed E-state index contributed by atoms with van der Waals surface area (Å²) in [5.41, 5.74) is -1.21. The van der Waals surface area contributed by atoms with Crippen LogP contribution in [0.1, 0.15) is 60.1 Å². The molecule has 2 heterocycles. The summed E-state index contributed by atoms with van der Waals surface area (Å²) in [6, 6.07) is 3.79. The molecule has 45 heavy (non-hydrogen) atoms. The Morgan fingerprint density at radius 2 is 1.58 bits per heavy atom. The van der Waals surface area contributed by atoms with Crippen molar-refractivity contribution in [3.05, 3.63) is 41.6 Å². The molecule has 2 aliphatic heterocycles. The molecule has 0 radical (unpaired) electrons. The summed E-state index contributed by atoms with van der Waals surface area (Å²) in [5, 5.41) is 4.38. The summed E-state index contributed by atoms with van der Waals surface area (Å²) in [4.78, 5) is 65.4. The number of hydrogen-bond acceptors (Lipinski definition) is 10. The lowest BCUT2D eigenvalue weighted by atomic mass is 10.0. The summed E-state index contributed by atoms with van der Waals surface area (Å²) in [6.07, 6.45) is 0.689. The maximum atomic E-state index is 13.6. The average Bonchev–Trinajstić information content (AvgIpc) is 2.89. The number of benzene rings is 1. The van der Waals surface area contributed by atoms with E-state index in [1.54, 1.807) is 47.6 Å². The molecule has 1 aromatic rings. The minimum absolute atomic E-state index is 0.0265. The molecule has 2 N–H and O–H groups in total. The Morgan fingerprint density at radius 3 is 2.13 bits per heavy atom. The molecule has 0 saturated carbocycles. The number of esters is 2. The third-order valence-corrected chi connectivity index (χ3v) is 7.49. The molecule has 0 bridgehead atoms. The van der Waals surface area contributed by atoms with E-state index in [-0.39, 0.29) is 17.6 Å². The van der Waals surface area contributed by atoms with Crippen LogP contribution in [0.3, 0.4) is 0 Å². The maximum Gasteiger partial charge on any atom is 0.408 e. The normalized spacial score (nSPS) is 20.5. The number of amides is 3. The second-order valence-electron chi connectivity index (χ2n) is 12.2. The lowest BCUT2D eigenvalue weighted by molar-refractivity contribution is -0.157. The monoisotopic (exact) mass is 707 g/mol. The summed E-state index contributed by atoms with van der Waals surface area (Å²) in [5.74, 6) is -2.35. The van der Waals surface area contributed by atoms with Crippen LogP contribution in [-0.2, 0) is 33.4 Å². The van der Waals surface area contributed by atoms with Gasteiger partial charge in [0.25, 0.3) is 5.91 Å². The van der Waals surface area contributed by atoms with Crippen LogP contribution < -0.4 is 15.4 Å². The molecule has 1 saturated heterocycles. The number of carbonyl (C=O) groups excluding carboxylic acids is 5. The van der Waals surface area contributed by atoms with Gasteiger partial charge in [-0.1, -0.05) is 46.9 Å². The molecule has 248 valence electrons. The number of alkyl carbamates (subject to hydrolysis) is 1. The van der Waals surface area contributed by atoms with Gasteiger partial charge in [0.05, 0.1) is 0 Å². The largest absolute Gasteiger partial charge is 0.482 e. The minimum Gasteiger partial charge on any atom is -0.482 e. The Labute approximate surface area is 280 Å². The van der Waals surface area contributed by atoms with Gasteiger partial charge in [0.15, 0.2) is 6.61 Å². The number of hydrogen-bond donors (Lipinski definition) is 2. The van der Waals surface area contributed by atoms with E-state index in [9.17, 15) is 24.0 Å². The van der Waals surface area contributed by atoms with Gasteiger partial charge in [0.2, 0.25) is 9.70 Å². The predicted octanol–water partition coefficient (Wildman–Crippen LogP) is 4.56. The molecule has 0 spiro atoms. The number of rotatable bonds is 9. The van der Waals surface area contributed by atoms with E-state index in [2.05, 4.69) is 10.6 Å². The Morgan fingerprint density at radius 1 is 0.978 bits per heavy atom. The number of halogens is 3. The van der Waals surface area contributed by atoms with E-state index >= 15 is 0 Å². The van der Waals surface area contributed by atoms with Crippen LogP contribution in [0.15, 0.2) is 36.0 Å². The van der Waals surface area contributed by atoms with Gasteiger partial charge in [0.1, 0.15) is 46.7 Å². The van der Waals surface area contributed by atoms with Gasteiger partial charge in [-0.05, 0) is 72.2 Å². The average molecular weight is 709 g/mol. The van der Waals surface area contributed by atoms with Gasteiger partial charge in [-0.2, -0.15) is 0 Å². The number of alkyl halides is 3. The lowest BCUT2D eigenvalue weighted by Gasteiger charge is -2.50. The first-order valence-electron chi connectivity index (χ1n) is 13.8. The number of ether oxygens (including phenoxy) is 4. The molecule has 3 rings (SSSR count). The van der Waals surface area contributed by atoms with Crippen molar-refractivity contribution >= 4 is 76.4 Å². The fourth-order valence-corrected chi connectivity index (χ4v) is 5.67. The van der Waals surface area contributed by atoms with Crippen molar-refractivity contribution in [2.24, 2.45) is 0 Å². The molecular weight excluding hydrogens is 673 g/mol. The van der Waals surface area contributed by atoms with Crippen LogP contribution in [0.25, 0.3) is 0 Å². The van der Waals surface area contributed by atoms with Crippen LogP contribution in [0.4, 0.5) is 4.79 Å². The van der Waals surface area contributed by atoms with E-state index in [1.165, 1.54) is 40.9 Å².